The van der Waals surface area contributed by atoms with Gasteiger partial charge in [0.2, 0.25) is 0 Å². The Hall–Kier alpha value is -2.54. The molecule has 4 rings (SSSR count). The van der Waals surface area contributed by atoms with Gasteiger partial charge >= 0.3 is 0 Å². The molecule has 0 aromatic heterocycles. The highest BCUT2D eigenvalue weighted by molar-refractivity contribution is 6.01. The van der Waals surface area contributed by atoms with Gasteiger partial charge in [0.25, 0.3) is 5.91 Å². The Morgan fingerprint density at radius 3 is 2.57 bits per heavy atom. The van der Waals surface area contributed by atoms with Crippen LogP contribution in [0.4, 0.5) is 24.5 Å². The van der Waals surface area contributed by atoms with Gasteiger partial charge in [0.05, 0.1) is 16.9 Å². The summed E-state index contributed by atoms with van der Waals surface area (Å²) in [6, 6.07) is 6.92. The molecule has 0 radical (unpaired) electrons. The first-order valence-electron chi connectivity index (χ1n) is 10.3. The van der Waals surface area contributed by atoms with E-state index in [0.29, 0.717) is 24.7 Å². The number of carbonyl (C=O) groups excluding carboxylic acids is 1. The number of piperidine rings is 1. The predicted octanol–water partition coefficient (Wildman–Crippen LogP) is 4.76. The van der Waals surface area contributed by atoms with Crippen LogP contribution in [0.15, 0.2) is 30.3 Å². The van der Waals surface area contributed by atoms with Crippen molar-refractivity contribution in [1.82, 2.24) is 10.2 Å². The van der Waals surface area contributed by atoms with Crippen LogP contribution in [0.25, 0.3) is 0 Å². The molecule has 1 amide bonds. The number of amides is 1. The summed E-state index contributed by atoms with van der Waals surface area (Å²) in [7, 11) is 0. The van der Waals surface area contributed by atoms with Crippen LogP contribution >= 0.6 is 0 Å². The summed E-state index contributed by atoms with van der Waals surface area (Å²) in [5, 5.41) is 6.13. The zero-order valence-corrected chi connectivity index (χ0v) is 17.2. The number of benzene rings is 2. The maximum atomic E-state index is 14.6. The topological polar surface area (TPSA) is 44.4 Å². The average Bonchev–Trinajstić information content (AvgIpc) is 2.71. The molecule has 0 saturated carbocycles. The maximum absolute atomic E-state index is 14.6. The van der Waals surface area contributed by atoms with E-state index >= 15 is 0 Å². The largest absolute Gasteiger partial charge is 0.350 e. The van der Waals surface area contributed by atoms with Crippen molar-refractivity contribution in [3.8, 4) is 0 Å². The van der Waals surface area contributed by atoms with Gasteiger partial charge in [0.1, 0.15) is 5.82 Å². The van der Waals surface area contributed by atoms with E-state index in [-0.39, 0.29) is 22.4 Å². The number of hydrogen-bond donors (Lipinski definition) is 2. The second-order valence-corrected chi connectivity index (χ2v) is 8.71. The van der Waals surface area contributed by atoms with Gasteiger partial charge in [0, 0.05) is 24.5 Å². The lowest BCUT2D eigenvalue weighted by molar-refractivity contribution is -0.0109. The lowest BCUT2D eigenvalue weighted by Crippen LogP contribution is -2.65. The quantitative estimate of drug-likeness (QED) is 0.754. The number of nitrogens with zero attached hydrogens (tertiary/aromatic N) is 1. The first-order chi connectivity index (χ1) is 14.3. The van der Waals surface area contributed by atoms with Crippen LogP contribution in [0.3, 0.4) is 0 Å². The lowest BCUT2D eigenvalue weighted by Gasteiger charge is -2.53. The Balaban J connectivity index is 1.57. The molecule has 0 aliphatic carbocycles. The molecule has 1 atom stereocenters. The van der Waals surface area contributed by atoms with Crippen molar-refractivity contribution in [2.45, 2.75) is 39.2 Å². The van der Waals surface area contributed by atoms with Crippen molar-refractivity contribution in [2.24, 2.45) is 5.41 Å². The van der Waals surface area contributed by atoms with Crippen LogP contribution in [0.1, 0.15) is 42.1 Å². The van der Waals surface area contributed by atoms with Crippen LogP contribution in [-0.4, -0.2) is 36.5 Å². The molecule has 0 bridgehead atoms. The fourth-order valence-corrected chi connectivity index (χ4v) is 4.51. The minimum Gasteiger partial charge on any atom is -0.350 e. The first kappa shape index (κ1) is 20.7. The van der Waals surface area contributed by atoms with E-state index in [1.165, 1.54) is 24.6 Å². The lowest BCUT2D eigenvalue weighted by atomic mass is 9.72. The SMILES string of the molecule is Cc1ccc(Nc2c(C(=O)N3CC(C)([C@H]4CCCCN4)C3)ccc(F)c2F)c(F)c1. The van der Waals surface area contributed by atoms with Crippen LogP contribution < -0.4 is 10.6 Å². The van der Waals surface area contributed by atoms with Crippen molar-refractivity contribution in [1.29, 1.82) is 0 Å². The van der Waals surface area contributed by atoms with E-state index in [4.69, 9.17) is 0 Å². The third kappa shape index (κ3) is 3.78. The van der Waals surface area contributed by atoms with E-state index in [1.54, 1.807) is 17.9 Å². The summed E-state index contributed by atoms with van der Waals surface area (Å²) < 4.78 is 42.8. The van der Waals surface area contributed by atoms with Crippen molar-refractivity contribution >= 4 is 17.3 Å². The van der Waals surface area contributed by atoms with E-state index in [0.717, 1.165) is 25.5 Å². The van der Waals surface area contributed by atoms with E-state index in [9.17, 15) is 18.0 Å². The first-order valence-corrected chi connectivity index (χ1v) is 10.3. The summed E-state index contributed by atoms with van der Waals surface area (Å²) in [6.07, 6.45) is 3.40. The van der Waals surface area contributed by atoms with E-state index < -0.39 is 23.4 Å². The Morgan fingerprint density at radius 2 is 1.90 bits per heavy atom. The smallest absolute Gasteiger partial charge is 0.256 e. The summed E-state index contributed by atoms with van der Waals surface area (Å²) >= 11 is 0. The molecule has 2 heterocycles. The molecule has 0 spiro atoms. The summed E-state index contributed by atoms with van der Waals surface area (Å²) in [5.74, 6) is -3.28. The Labute approximate surface area is 174 Å². The van der Waals surface area contributed by atoms with Gasteiger partial charge in [-0.2, -0.15) is 0 Å². The van der Waals surface area contributed by atoms with Gasteiger partial charge in [-0.15, -0.1) is 0 Å². The Morgan fingerprint density at radius 1 is 1.13 bits per heavy atom. The predicted molar refractivity (Wildman–Crippen MR) is 110 cm³/mol. The highest BCUT2D eigenvalue weighted by Gasteiger charge is 2.47. The van der Waals surface area contributed by atoms with Crippen molar-refractivity contribution in [3.63, 3.8) is 0 Å². The zero-order chi connectivity index (χ0) is 21.5. The normalized spacial score (nSPS) is 20.6. The van der Waals surface area contributed by atoms with Gasteiger partial charge in [-0.05, 0) is 56.1 Å². The molecular formula is C23H26F3N3O. The Bertz CT molecular complexity index is 966. The molecule has 2 saturated heterocycles. The number of halogens is 3. The van der Waals surface area contributed by atoms with E-state index in [2.05, 4.69) is 17.6 Å². The molecular weight excluding hydrogens is 391 g/mol. The molecule has 2 aromatic rings. The molecule has 0 unspecified atom stereocenters. The van der Waals surface area contributed by atoms with E-state index in [1.807, 2.05) is 0 Å². The molecule has 160 valence electrons. The number of likely N-dealkylation sites (tertiary alicyclic amines) is 1. The molecule has 2 N–H and O–H groups in total. The van der Waals surface area contributed by atoms with Crippen LogP contribution in [-0.2, 0) is 0 Å². The molecule has 4 nitrogen and oxygen atoms in total. The van der Waals surface area contributed by atoms with Gasteiger partial charge in [-0.25, -0.2) is 13.2 Å². The number of rotatable bonds is 4. The molecule has 2 fully saturated rings. The second-order valence-electron chi connectivity index (χ2n) is 8.71. The minimum atomic E-state index is -1.20. The molecule has 7 heteroatoms. The van der Waals surface area contributed by atoms with Crippen molar-refractivity contribution in [3.05, 3.63) is 58.9 Å². The molecule has 2 aliphatic rings. The summed E-state index contributed by atoms with van der Waals surface area (Å²) in [4.78, 5) is 14.7. The minimum absolute atomic E-state index is 0.00692. The average molecular weight is 417 g/mol. The highest BCUT2D eigenvalue weighted by Crippen LogP contribution is 2.39. The second kappa shape index (κ2) is 7.95. The number of aryl methyl sites for hydroxylation is 1. The fraction of sp³-hybridized carbons (Fsp3) is 0.435. The van der Waals surface area contributed by atoms with Crippen LogP contribution in [0.2, 0.25) is 0 Å². The van der Waals surface area contributed by atoms with Gasteiger partial charge < -0.3 is 15.5 Å². The third-order valence-corrected chi connectivity index (χ3v) is 6.25. The fourth-order valence-electron chi connectivity index (χ4n) is 4.51. The molecule has 2 aromatic carbocycles. The highest BCUT2D eigenvalue weighted by atomic mass is 19.2. The zero-order valence-electron chi connectivity index (χ0n) is 17.2. The number of hydrogen-bond acceptors (Lipinski definition) is 3. The maximum Gasteiger partial charge on any atom is 0.256 e. The number of carbonyl (C=O) groups is 1. The molecule has 2 aliphatic heterocycles. The molecule has 30 heavy (non-hydrogen) atoms. The Kier molecular flexibility index (Phi) is 5.49. The van der Waals surface area contributed by atoms with Crippen LogP contribution in [0, 0.1) is 29.8 Å². The summed E-state index contributed by atoms with van der Waals surface area (Å²) in [5.41, 5.74) is 0.301. The van der Waals surface area contributed by atoms with Gasteiger partial charge in [0.15, 0.2) is 11.6 Å². The number of anilines is 2. The standard InChI is InChI=1S/C23H26F3N3O/c1-14-6-9-18(17(25)11-14)28-21-15(7-8-16(24)20(21)26)22(30)29-12-23(2,13-29)19-5-3-4-10-27-19/h6-9,11,19,27-28H,3-5,10,12-13H2,1-2H3/t19-/m1/s1. The third-order valence-electron chi connectivity index (χ3n) is 6.25. The monoisotopic (exact) mass is 417 g/mol. The summed E-state index contributed by atoms with van der Waals surface area (Å²) in [6.45, 7) is 5.94. The van der Waals surface area contributed by atoms with Crippen molar-refractivity contribution in [2.75, 3.05) is 25.0 Å². The van der Waals surface area contributed by atoms with Crippen LogP contribution in [0.5, 0.6) is 0 Å². The van der Waals surface area contributed by atoms with Gasteiger partial charge in [-0.1, -0.05) is 19.4 Å². The van der Waals surface area contributed by atoms with Crippen molar-refractivity contribution < 1.29 is 18.0 Å². The number of nitrogens with one attached hydrogen (secondary N) is 2. The van der Waals surface area contributed by atoms with Gasteiger partial charge in [-0.3, -0.25) is 4.79 Å².